The van der Waals surface area contributed by atoms with Crippen LogP contribution < -0.4 is 5.43 Å². The molecule has 2 heterocycles. The zero-order valence-electron chi connectivity index (χ0n) is 10.5. The zero-order chi connectivity index (χ0) is 13.8. The molecule has 0 bridgehead atoms. The minimum Gasteiger partial charge on any atom is -0.261 e. The molecule has 3 aromatic rings. The molecule has 2 aromatic heterocycles. The summed E-state index contributed by atoms with van der Waals surface area (Å²) in [5, 5.41) is 4.74. The first-order valence-corrected chi connectivity index (χ1v) is 6.86. The third-order valence-corrected chi connectivity index (χ3v) is 3.57. The minimum atomic E-state index is -0.284. The summed E-state index contributed by atoms with van der Waals surface area (Å²) in [6.45, 7) is 0. The van der Waals surface area contributed by atoms with Crippen LogP contribution in [0.4, 0.5) is 9.52 Å². The Hall–Kier alpha value is -2.34. The second kappa shape index (κ2) is 5.75. The molecule has 0 saturated carbocycles. The fourth-order valence-corrected chi connectivity index (χ4v) is 2.50. The number of hydrazone groups is 1. The van der Waals surface area contributed by atoms with E-state index in [9.17, 15) is 4.39 Å². The average molecular weight is 286 g/mol. The van der Waals surface area contributed by atoms with Gasteiger partial charge >= 0.3 is 0 Å². The van der Waals surface area contributed by atoms with Gasteiger partial charge in [0.05, 0.1) is 10.2 Å². The van der Waals surface area contributed by atoms with Gasteiger partial charge in [-0.1, -0.05) is 17.4 Å². The number of pyridine rings is 1. The summed E-state index contributed by atoms with van der Waals surface area (Å²) < 4.78 is 14.0. The van der Waals surface area contributed by atoms with Gasteiger partial charge in [-0.2, -0.15) is 5.10 Å². The monoisotopic (exact) mass is 286 g/mol. The Morgan fingerprint density at radius 3 is 3.10 bits per heavy atom. The summed E-state index contributed by atoms with van der Waals surface area (Å²) in [6.07, 6.45) is 4.13. The van der Waals surface area contributed by atoms with E-state index in [1.165, 1.54) is 23.5 Å². The fourth-order valence-electron chi connectivity index (χ4n) is 1.71. The van der Waals surface area contributed by atoms with Crippen molar-refractivity contribution in [1.82, 2.24) is 9.97 Å². The third-order valence-electron chi connectivity index (χ3n) is 2.63. The molecule has 0 spiro atoms. The second-order valence-corrected chi connectivity index (χ2v) is 5.11. The Labute approximate surface area is 119 Å². The predicted molar refractivity (Wildman–Crippen MR) is 79.6 cm³/mol. The first-order valence-electron chi connectivity index (χ1n) is 6.05. The van der Waals surface area contributed by atoms with E-state index in [0.29, 0.717) is 17.1 Å². The van der Waals surface area contributed by atoms with Crippen molar-refractivity contribution in [2.45, 2.75) is 6.42 Å². The summed E-state index contributed by atoms with van der Waals surface area (Å²) in [6, 6.07) is 10.3. The number of rotatable bonds is 4. The molecule has 20 heavy (non-hydrogen) atoms. The maximum absolute atomic E-state index is 13.0. The van der Waals surface area contributed by atoms with E-state index in [4.69, 9.17) is 0 Å². The minimum absolute atomic E-state index is 0.284. The summed E-state index contributed by atoms with van der Waals surface area (Å²) in [5.41, 5.74) is 4.44. The molecule has 0 saturated heterocycles. The van der Waals surface area contributed by atoms with Crippen molar-refractivity contribution in [3.8, 4) is 0 Å². The van der Waals surface area contributed by atoms with Crippen molar-refractivity contribution in [2.75, 3.05) is 5.43 Å². The quantitative estimate of drug-likeness (QED) is 0.590. The number of hydrogen-bond acceptors (Lipinski definition) is 5. The number of aromatic nitrogens is 2. The molecular formula is C14H11FN4S. The number of halogens is 1. The van der Waals surface area contributed by atoms with E-state index >= 15 is 0 Å². The van der Waals surface area contributed by atoms with Crippen LogP contribution in [0.1, 0.15) is 5.69 Å². The van der Waals surface area contributed by atoms with Crippen molar-refractivity contribution in [3.05, 3.63) is 54.1 Å². The molecule has 0 fully saturated rings. The van der Waals surface area contributed by atoms with Gasteiger partial charge < -0.3 is 0 Å². The first kappa shape index (κ1) is 12.7. The van der Waals surface area contributed by atoms with Gasteiger partial charge in [-0.3, -0.25) is 10.4 Å². The van der Waals surface area contributed by atoms with Crippen molar-refractivity contribution in [3.63, 3.8) is 0 Å². The van der Waals surface area contributed by atoms with Crippen LogP contribution in [0.2, 0.25) is 0 Å². The molecule has 4 nitrogen and oxygen atoms in total. The fraction of sp³-hybridized carbons (Fsp3) is 0.0714. The maximum Gasteiger partial charge on any atom is 0.204 e. The molecular weight excluding hydrogens is 275 g/mol. The number of thiazole rings is 1. The molecule has 3 rings (SSSR count). The van der Waals surface area contributed by atoms with E-state index in [1.807, 2.05) is 18.2 Å². The van der Waals surface area contributed by atoms with Gasteiger partial charge in [-0.15, -0.1) is 0 Å². The highest BCUT2D eigenvalue weighted by Crippen LogP contribution is 2.26. The summed E-state index contributed by atoms with van der Waals surface area (Å²) >= 11 is 1.43. The Balaban J connectivity index is 1.65. The van der Waals surface area contributed by atoms with E-state index in [-0.39, 0.29) is 5.82 Å². The van der Waals surface area contributed by atoms with Gasteiger partial charge in [0.15, 0.2) is 0 Å². The van der Waals surface area contributed by atoms with Gasteiger partial charge in [-0.25, -0.2) is 9.37 Å². The smallest absolute Gasteiger partial charge is 0.204 e. The lowest BCUT2D eigenvalue weighted by Crippen LogP contribution is -1.93. The highest BCUT2D eigenvalue weighted by atomic mass is 32.1. The number of benzene rings is 1. The molecule has 0 aliphatic rings. The van der Waals surface area contributed by atoms with Crippen LogP contribution in [0.15, 0.2) is 47.7 Å². The standard InChI is InChI=1S/C14H11FN4S/c15-10-4-5-13-12(9-10)18-14(20-13)19-17-8-6-11-3-1-2-7-16-11/h1-5,7-9H,6H2,(H,18,19)/b17-8+. The van der Waals surface area contributed by atoms with Gasteiger partial charge in [0.1, 0.15) is 5.82 Å². The number of hydrogen-bond donors (Lipinski definition) is 1. The van der Waals surface area contributed by atoms with Crippen LogP contribution in [0.3, 0.4) is 0 Å². The van der Waals surface area contributed by atoms with Crippen LogP contribution in [0.25, 0.3) is 10.2 Å². The zero-order valence-corrected chi connectivity index (χ0v) is 11.3. The highest BCUT2D eigenvalue weighted by molar-refractivity contribution is 7.22. The molecule has 1 N–H and O–H groups in total. The molecule has 6 heteroatoms. The Morgan fingerprint density at radius 2 is 2.25 bits per heavy atom. The summed E-state index contributed by atoms with van der Waals surface area (Å²) in [5.74, 6) is -0.284. The topological polar surface area (TPSA) is 50.2 Å². The molecule has 0 aliphatic carbocycles. The van der Waals surface area contributed by atoms with Crippen molar-refractivity contribution < 1.29 is 4.39 Å². The maximum atomic E-state index is 13.0. The average Bonchev–Trinajstić information content (AvgIpc) is 2.86. The lowest BCUT2D eigenvalue weighted by Gasteiger charge is -1.94. The Bertz CT molecular complexity index is 739. The molecule has 0 radical (unpaired) electrons. The van der Waals surface area contributed by atoms with Crippen LogP contribution in [-0.4, -0.2) is 16.2 Å². The van der Waals surface area contributed by atoms with Crippen LogP contribution in [-0.2, 0) is 6.42 Å². The molecule has 100 valence electrons. The van der Waals surface area contributed by atoms with Crippen LogP contribution >= 0.6 is 11.3 Å². The normalized spacial score (nSPS) is 11.2. The van der Waals surface area contributed by atoms with Gasteiger partial charge in [0.25, 0.3) is 0 Å². The van der Waals surface area contributed by atoms with Crippen molar-refractivity contribution in [2.24, 2.45) is 5.10 Å². The van der Waals surface area contributed by atoms with Gasteiger partial charge in [-0.05, 0) is 24.3 Å². The van der Waals surface area contributed by atoms with Crippen LogP contribution in [0.5, 0.6) is 0 Å². The van der Waals surface area contributed by atoms with Gasteiger partial charge in [0.2, 0.25) is 5.13 Å². The van der Waals surface area contributed by atoms with E-state index in [1.54, 1.807) is 18.5 Å². The van der Waals surface area contributed by atoms with Crippen molar-refractivity contribution in [1.29, 1.82) is 0 Å². The molecule has 0 atom stereocenters. The first-order chi connectivity index (χ1) is 9.81. The number of nitrogens with one attached hydrogen (secondary N) is 1. The highest BCUT2D eigenvalue weighted by Gasteiger charge is 2.03. The second-order valence-electron chi connectivity index (χ2n) is 4.08. The van der Waals surface area contributed by atoms with E-state index in [0.717, 1.165) is 10.4 Å². The van der Waals surface area contributed by atoms with E-state index < -0.39 is 0 Å². The van der Waals surface area contributed by atoms with Crippen molar-refractivity contribution >= 4 is 32.9 Å². The predicted octanol–water partition coefficient (Wildman–Crippen LogP) is 3.47. The third kappa shape index (κ3) is 2.97. The summed E-state index contributed by atoms with van der Waals surface area (Å²) in [7, 11) is 0. The lowest BCUT2D eigenvalue weighted by atomic mass is 10.3. The number of anilines is 1. The number of fused-ring (bicyclic) bond motifs is 1. The Kier molecular flexibility index (Phi) is 3.64. The molecule has 0 amide bonds. The molecule has 0 aliphatic heterocycles. The van der Waals surface area contributed by atoms with E-state index in [2.05, 4.69) is 20.5 Å². The lowest BCUT2D eigenvalue weighted by molar-refractivity contribution is 0.629. The largest absolute Gasteiger partial charge is 0.261 e. The summed E-state index contributed by atoms with van der Waals surface area (Å²) in [4.78, 5) is 8.45. The number of nitrogens with zero attached hydrogens (tertiary/aromatic N) is 3. The van der Waals surface area contributed by atoms with Gasteiger partial charge in [0, 0.05) is 30.6 Å². The Morgan fingerprint density at radius 1 is 1.30 bits per heavy atom. The molecule has 1 aromatic carbocycles. The van der Waals surface area contributed by atoms with Crippen LogP contribution in [0, 0.1) is 5.82 Å². The SMILES string of the molecule is Fc1ccc2sc(N/N=C/Cc3ccccn3)nc2c1. The molecule has 0 unspecified atom stereocenters.